The zero-order valence-electron chi connectivity index (χ0n) is 17.6. The summed E-state index contributed by atoms with van der Waals surface area (Å²) >= 11 is 7.49. The second-order valence-corrected chi connectivity index (χ2v) is 11.6. The molecule has 2 fully saturated rings. The Morgan fingerprint density at radius 3 is 2.47 bits per heavy atom. The molecule has 0 N–H and O–H groups in total. The Balaban J connectivity index is 1.14. The smallest absolute Gasteiger partial charge is 0.279 e. The summed E-state index contributed by atoms with van der Waals surface area (Å²) in [6, 6.07) is 13.6. The summed E-state index contributed by atoms with van der Waals surface area (Å²) in [7, 11) is -3.12. The maximum absolute atomic E-state index is 11.9. The van der Waals surface area contributed by atoms with Gasteiger partial charge in [0.15, 0.2) is 0 Å². The first-order valence-electron chi connectivity index (χ1n) is 10.5. The van der Waals surface area contributed by atoms with Crippen LogP contribution in [0.1, 0.15) is 12.8 Å². The van der Waals surface area contributed by atoms with E-state index < -0.39 is 10.0 Å². The van der Waals surface area contributed by atoms with Crippen molar-refractivity contribution in [3.05, 3.63) is 47.5 Å². The van der Waals surface area contributed by atoms with Gasteiger partial charge in [-0.15, -0.1) is 0 Å². The van der Waals surface area contributed by atoms with E-state index in [9.17, 15) is 8.42 Å². The van der Waals surface area contributed by atoms with Gasteiger partial charge >= 0.3 is 0 Å². The van der Waals surface area contributed by atoms with Crippen LogP contribution >= 0.6 is 22.9 Å². The molecule has 5 rings (SSSR count). The van der Waals surface area contributed by atoms with Crippen LogP contribution in [0.3, 0.4) is 0 Å². The van der Waals surface area contributed by atoms with Crippen molar-refractivity contribution in [2.45, 2.75) is 24.9 Å². The predicted molar refractivity (Wildman–Crippen MR) is 127 cm³/mol. The molecule has 0 spiro atoms. The molecule has 0 radical (unpaired) electrons. The number of piperazine rings is 1. The SMILES string of the molecule is CS(=O)(=O)N1C[C@H]2CC[C@@H](C1)N2CCOc1ccc(Oc2nc3ccc(Cl)cc3s2)cc1. The molecule has 2 atom stereocenters. The zero-order chi connectivity index (χ0) is 22.3. The number of sulfonamides is 1. The molecule has 2 aliphatic rings. The first-order valence-corrected chi connectivity index (χ1v) is 13.6. The fraction of sp³-hybridized carbons (Fsp3) is 0.409. The fourth-order valence-corrected chi connectivity index (χ4v) is 6.48. The Labute approximate surface area is 196 Å². The Hall–Kier alpha value is -1.91. The van der Waals surface area contributed by atoms with E-state index in [2.05, 4.69) is 9.88 Å². The molecule has 2 bridgehead atoms. The third-order valence-corrected chi connectivity index (χ3v) is 8.41. The molecule has 1 aromatic heterocycles. The molecule has 2 aliphatic heterocycles. The largest absolute Gasteiger partial charge is 0.492 e. The van der Waals surface area contributed by atoms with Crippen molar-refractivity contribution in [1.82, 2.24) is 14.2 Å². The number of hydrogen-bond acceptors (Lipinski definition) is 7. The highest BCUT2D eigenvalue weighted by molar-refractivity contribution is 7.88. The Bertz CT molecular complexity index is 1200. The fourth-order valence-electron chi connectivity index (χ4n) is 4.48. The molecule has 0 amide bonds. The third-order valence-electron chi connectivity index (χ3n) is 6.05. The van der Waals surface area contributed by atoms with Crippen LogP contribution < -0.4 is 9.47 Å². The van der Waals surface area contributed by atoms with Gasteiger partial charge in [-0.05, 0) is 55.3 Å². The van der Waals surface area contributed by atoms with Crippen LogP contribution in [0, 0.1) is 0 Å². The van der Waals surface area contributed by atoms with Gasteiger partial charge in [-0.3, -0.25) is 4.90 Å². The molecule has 3 heterocycles. The lowest BCUT2D eigenvalue weighted by Crippen LogP contribution is -2.55. The first-order chi connectivity index (χ1) is 15.3. The van der Waals surface area contributed by atoms with E-state index in [4.69, 9.17) is 21.1 Å². The summed E-state index contributed by atoms with van der Waals surface area (Å²) < 4.78 is 38.2. The quantitative estimate of drug-likeness (QED) is 0.490. The number of thiazole rings is 1. The van der Waals surface area contributed by atoms with Crippen LogP contribution in [0.25, 0.3) is 10.2 Å². The lowest BCUT2D eigenvalue weighted by molar-refractivity contribution is 0.0930. The molecule has 7 nitrogen and oxygen atoms in total. The van der Waals surface area contributed by atoms with Gasteiger partial charge in [-0.25, -0.2) is 13.4 Å². The molecular formula is C22H24ClN3O4S2. The van der Waals surface area contributed by atoms with Crippen molar-refractivity contribution < 1.29 is 17.9 Å². The second kappa shape index (κ2) is 8.79. The monoisotopic (exact) mass is 493 g/mol. The van der Waals surface area contributed by atoms with Crippen LogP contribution in [0.5, 0.6) is 16.7 Å². The highest BCUT2D eigenvalue weighted by atomic mass is 35.5. The van der Waals surface area contributed by atoms with Gasteiger partial charge in [0.2, 0.25) is 10.0 Å². The van der Waals surface area contributed by atoms with Crippen LogP contribution in [0.4, 0.5) is 0 Å². The number of halogens is 1. The first kappa shape index (κ1) is 21.9. The van der Waals surface area contributed by atoms with Crippen LogP contribution in [0.2, 0.25) is 5.02 Å². The predicted octanol–water partition coefficient (Wildman–Crippen LogP) is 4.23. The van der Waals surface area contributed by atoms with Gasteiger partial charge in [0.25, 0.3) is 5.19 Å². The number of aromatic nitrogens is 1. The number of benzene rings is 2. The van der Waals surface area contributed by atoms with Gasteiger partial charge in [0.05, 0.1) is 16.5 Å². The topological polar surface area (TPSA) is 72.0 Å². The van der Waals surface area contributed by atoms with Gasteiger partial charge in [0, 0.05) is 36.7 Å². The van der Waals surface area contributed by atoms with E-state index in [0.29, 0.717) is 35.7 Å². The molecule has 10 heteroatoms. The Morgan fingerprint density at radius 2 is 1.78 bits per heavy atom. The lowest BCUT2D eigenvalue weighted by Gasteiger charge is -2.39. The average molecular weight is 494 g/mol. The summed E-state index contributed by atoms with van der Waals surface area (Å²) in [5.41, 5.74) is 0.862. The molecule has 32 heavy (non-hydrogen) atoms. The number of hydrogen-bond donors (Lipinski definition) is 0. The van der Waals surface area contributed by atoms with Crippen LogP contribution in [-0.4, -0.2) is 67.2 Å². The highest BCUT2D eigenvalue weighted by Crippen LogP contribution is 2.34. The van der Waals surface area contributed by atoms with E-state index in [-0.39, 0.29) is 12.1 Å². The molecule has 2 saturated heterocycles. The molecule has 0 aliphatic carbocycles. The zero-order valence-corrected chi connectivity index (χ0v) is 20.0. The summed E-state index contributed by atoms with van der Waals surface area (Å²) in [6.45, 7) is 2.52. The molecule has 3 aromatic rings. The number of ether oxygens (including phenoxy) is 2. The van der Waals surface area contributed by atoms with E-state index in [1.165, 1.54) is 17.6 Å². The van der Waals surface area contributed by atoms with Crippen molar-refractivity contribution in [2.24, 2.45) is 0 Å². The van der Waals surface area contributed by atoms with Crippen LogP contribution in [0.15, 0.2) is 42.5 Å². The van der Waals surface area contributed by atoms with Crippen molar-refractivity contribution in [1.29, 1.82) is 0 Å². The second-order valence-electron chi connectivity index (χ2n) is 8.22. The molecular weight excluding hydrogens is 470 g/mol. The van der Waals surface area contributed by atoms with Crippen molar-refractivity contribution in [2.75, 3.05) is 32.5 Å². The minimum atomic E-state index is -3.12. The van der Waals surface area contributed by atoms with Crippen molar-refractivity contribution >= 4 is 43.2 Å². The minimum Gasteiger partial charge on any atom is -0.492 e. The van der Waals surface area contributed by atoms with Crippen molar-refractivity contribution in [3.63, 3.8) is 0 Å². The maximum atomic E-state index is 11.9. The summed E-state index contributed by atoms with van der Waals surface area (Å²) in [5, 5.41) is 1.25. The number of nitrogens with zero attached hydrogens (tertiary/aromatic N) is 3. The Morgan fingerprint density at radius 1 is 1.09 bits per heavy atom. The number of fused-ring (bicyclic) bond motifs is 3. The lowest BCUT2D eigenvalue weighted by atomic mass is 10.2. The summed E-state index contributed by atoms with van der Waals surface area (Å²) in [6.07, 6.45) is 3.38. The van der Waals surface area contributed by atoms with Gasteiger partial charge < -0.3 is 9.47 Å². The van der Waals surface area contributed by atoms with Gasteiger partial charge in [-0.1, -0.05) is 22.9 Å². The summed E-state index contributed by atoms with van der Waals surface area (Å²) in [5.74, 6) is 1.47. The standard InChI is InChI=1S/C22H24ClN3O4S2/c1-32(27,28)25-13-16-3-4-17(14-25)26(16)10-11-29-18-5-7-19(8-6-18)30-22-24-20-9-2-15(23)12-21(20)31-22/h2,5-9,12,16-17H,3-4,10-11,13-14H2,1H3/t16-,17+. The molecule has 170 valence electrons. The minimum absolute atomic E-state index is 0.284. The Kier molecular flexibility index (Phi) is 6.02. The summed E-state index contributed by atoms with van der Waals surface area (Å²) in [4.78, 5) is 6.87. The van der Waals surface area contributed by atoms with E-state index in [1.54, 1.807) is 4.31 Å². The van der Waals surface area contributed by atoms with Gasteiger partial charge in [-0.2, -0.15) is 4.31 Å². The normalized spacial score (nSPS) is 21.8. The van der Waals surface area contributed by atoms with E-state index >= 15 is 0 Å². The highest BCUT2D eigenvalue weighted by Gasteiger charge is 2.42. The molecule has 2 aromatic carbocycles. The van der Waals surface area contributed by atoms with Gasteiger partial charge in [0.1, 0.15) is 18.1 Å². The molecule has 0 saturated carbocycles. The van der Waals surface area contributed by atoms with Crippen LogP contribution in [-0.2, 0) is 10.0 Å². The molecule has 0 unspecified atom stereocenters. The maximum Gasteiger partial charge on any atom is 0.279 e. The average Bonchev–Trinajstić information content (AvgIpc) is 3.23. The third kappa shape index (κ3) is 4.72. The number of rotatable bonds is 7. The van der Waals surface area contributed by atoms with E-state index in [0.717, 1.165) is 35.4 Å². The van der Waals surface area contributed by atoms with E-state index in [1.807, 2.05) is 42.5 Å². The van der Waals surface area contributed by atoms with Crippen molar-refractivity contribution in [3.8, 4) is 16.7 Å².